The molecule has 0 heterocycles. The van der Waals surface area contributed by atoms with Crippen LogP contribution in [0.5, 0.6) is 0 Å². The largest absolute Gasteiger partial charge is 1.00 e. The van der Waals surface area contributed by atoms with Gasteiger partial charge in [-0.25, -0.2) is 0 Å². The first-order valence-corrected chi connectivity index (χ1v) is 11.4. The van der Waals surface area contributed by atoms with Gasteiger partial charge in [0, 0.05) is 6.42 Å². The Hall–Kier alpha value is -0.960. The van der Waals surface area contributed by atoms with Crippen LogP contribution in [0.2, 0.25) is 0 Å². The van der Waals surface area contributed by atoms with Crippen LogP contribution in [-0.4, -0.2) is 6.16 Å². The number of benzene rings is 3. The van der Waals surface area contributed by atoms with E-state index in [1.54, 1.807) is 0 Å². The standard InChI is InChI=1S/C22H21IP.BrH/c23-18-10-11-19-24(20-12-4-1-5-13-20,21-14-6-2-7-15-21)22-16-8-3-9-17-22;/h1-10,12-18H,11,19H2;1H/q+1;/p-1/b18-10-;. The zero-order chi connectivity index (χ0) is 16.7. The SMILES string of the molecule is I/C=C\CC[P+](c1ccccc1)(c1ccccc1)c1ccccc1.[Br-]. The summed E-state index contributed by atoms with van der Waals surface area (Å²) in [6, 6.07) is 33.2. The molecule has 0 N–H and O–H groups in total. The van der Waals surface area contributed by atoms with Crippen LogP contribution in [0.15, 0.2) is 101 Å². The smallest absolute Gasteiger partial charge is 0.112 e. The first-order valence-electron chi connectivity index (χ1n) is 8.18. The molecule has 3 rings (SSSR count). The molecule has 0 atom stereocenters. The Morgan fingerprint density at radius 3 is 1.32 bits per heavy atom. The molecular weight excluding hydrogens is 502 g/mol. The van der Waals surface area contributed by atoms with Crippen LogP contribution in [-0.2, 0) is 0 Å². The van der Waals surface area contributed by atoms with Crippen molar-refractivity contribution in [3.8, 4) is 0 Å². The van der Waals surface area contributed by atoms with Crippen LogP contribution in [0.3, 0.4) is 0 Å². The number of rotatable bonds is 6. The molecule has 0 fully saturated rings. The van der Waals surface area contributed by atoms with Crippen LogP contribution in [0.25, 0.3) is 0 Å². The highest BCUT2D eigenvalue weighted by Gasteiger charge is 2.44. The first kappa shape index (κ1) is 20.4. The Morgan fingerprint density at radius 2 is 1.00 bits per heavy atom. The molecule has 0 spiro atoms. The van der Waals surface area contributed by atoms with Crippen LogP contribution < -0.4 is 32.9 Å². The molecule has 3 aromatic rings. The first-order chi connectivity index (χ1) is 11.9. The summed E-state index contributed by atoms with van der Waals surface area (Å²) in [4.78, 5) is 0. The molecule has 0 aliphatic carbocycles. The summed E-state index contributed by atoms with van der Waals surface area (Å²) in [6.45, 7) is 0. The molecule has 25 heavy (non-hydrogen) atoms. The molecule has 0 saturated carbocycles. The molecule has 128 valence electrons. The average Bonchev–Trinajstić information content (AvgIpc) is 2.68. The maximum Gasteiger partial charge on any atom is 0.112 e. The van der Waals surface area contributed by atoms with Crippen molar-refractivity contribution in [2.75, 3.05) is 6.16 Å². The zero-order valence-corrected chi connectivity index (χ0v) is 18.6. The molecule has 0 saturated heterocycles. The van der Waals surface area contributed by atoms with Crippen molar-refractivity contribution in [3.63, 3.8) is 0 Å². The third-order valence-electron chi connectivity index (χ3n) is 4.31. The Bertz CT molecular complexity index is 676. The Morgan fingerprint density at radius 1 is 0.640 bits per heavy atom. The molecular formula is C22H21BrIP. The second kappa shape index (κ2) is 10.3. The minimum Gasteiger partial charge on any atom is -1.00 e. The number of allylic oxidation sites excluding steroid dienone is 1. The van der Waals surface area contributed by atoms with Crippen molar-refractivity contribution in [3.05, 3.63) is 101 Å². The lowest BCUT2D eigenvalue weighted by atomic mass is 10.3. The summed E-state index contributed by atoms with van der Waals surface area (Å²) in [5.74, 6) is 0. The molecule has 3 heteroatoms. The van der Waals surface area contributed by atoms with Crippen LogP contribution in [0.1, 0.15) is 6.42 Å². The fourth-order valence-corrected chi connectivity index (χ4v) is 7.82. The van der Waals surface area contributed by atoms with Gasteiger partial charge in [-0.15, -0.1) is 0 Å². The van der Waals surface area contributed by atoms with E-state index in [4.69, 9.17) is 0 Å². The van der Waals surface area contributed by atoms with Crippen molar-refractivity contribution in [1.29, 1.82) is 0 Å². The third kappa shape index (κ3) is 4.61. The zero-order valence-electron chi connectivity index (χ0n) is 13.9. The van der Waals surface area contributed by atoms with Gasteiger partial charge in [0.15, 0.2) is 0 Å². The summed E-state index contributed by atoms with van der Waals surface area (Å²) in [5, 5.41) is 4.39. The van der Waals surface area contributed by atoms with E-state index in [0.29, 0.717) is 0 Å². The van der Waals surface area contributed by atoms with E-state index in [1.165, 1.54) is 15.9 Å². The highest BCUT2D eigenvalue weighted by atomic mass is 127. The molecule has 0 radical (unpaired) electrons. The third-order valence-corrected chi connectivity index (χ3v) is 9.29. The number of hydrogen-bond donors (Lipinski definition) is 0. The van der Waals surface area contributed by atoms with Crippen LogP contribution >= 0.6 is 29.9 Å². The van der Waals surface area contributed by atoms with E-state index in [0.717, 1.165) is 12.6 Å². The van der Waals surface area contributed by atoms with Crippen molar-refractivity contribution in [2.24, 2.45) is 0 Å². The molecule has 0 amide bonds. The molecule has 0 aliphatic heterocycles. The van der Waals surface area contributed by atoms with Crippen molar-refractivity contribution in [2.45, 2.75) is 6.42 Å². The summed E-state index contributed by atoms with van der Waals surface area (Å²) in [6.07, 6.45) is 4.53. The van der Waals surface area contributed by atoms with Gasteiger partial charge in [0.2, 0.25) is 0 Å². The van der Waals surface area contributed by atoms with Crippen molar-refractivity contribution < 1.29 is 17.0 Å². The van der Waals surface area contributed by atoms with Gasteiger partial charge in [0.1, 0.15) is 23.2 Å². The van der Waals surface area contributed by atoms with E-state index in [9.17, 15) is 0 Å². The molecule has 0 bridgehead atoms. The lowest BCUT2D eigenvalue weighted by Crippen LogP contribution is -3.00. The van der Waals surface area contributed by atoms with Crippen molar-refractivity contribution in [1.82, 2.24) is 0 Å². The minimum absolute atomic E-state index is 0. The maximum absolute atomic E-state index is 2.31. The predicted molar refractivity (Wildman–Crippen MR) is 118 cm³/mol. The van der Waals surface area contributed by atoms with Gasteiger partial charge >= 0.3 is 0 Å². The summed E-state index contributed by atoms with van der Waals surface area (Å²) >= 11 is 2.31. The lowest BCUT2D eigenvalue weighted by molar-refractivity contribution is -0.00000450. The van der Waals surface area contributed by atoms with Gasteiger partial charge in [0.05, 0.1) is 6.16 Å². The second-order valence-corrected chi connectivity index (χ2v) is 10.0. The van der Waals surface area contributed by atoms with Gasteiger partial charge in [-0.1, -0.05) is 83.3 Å². The van der Waals surface area contributed by atoms with E-state index < -0.39 is 7.26 Å². The van der Waals surface area contributed by atoms with E-state index in [1.807, 2.05) is 0 Å². The number of halogens is 2. The molecule has 0 nitrogen and oxygen atoms in total. The highest BCUT2D eigenvalue weighted by molar-refractivity contribution is 14.1. The Balaban J connectivity index is 0.00000225. The predicted octanol–water partition coefficient (Wildman–Crippen LogP) is 2.32. The highest BCUT2D eigenvalue weighted by Crippen LogP contribution is 2.55. The monoisotopic (exact) mass is 522 g/mol. The number of hydrogen-bond acceptors (Lipinski definition) is 0. The fraction of sp³-hybridized carbons (Fsp3) is 0.0909. The van der Waals surface area contributed by atoms with Gasteiger partial charge in [-0.3, -0.25) is 0 Å². The van der Waals surface area contributed by atoms with Gasteiger partial charge in [-0.2, -0.15) is 0 Å². The lowest BCUT2D eigenvalue weighted by Gasteiger charge is -2.27. The summed E-state index contributed by atoms with van der Waals surface area (Å²) in [5.41, 5.74) is 0. The quantitative estimate of drug-likeness (QED) is 0.344. The summed E-state index contributed by atoms with van der Waals surface area (Å²) < 4.78 is 2.13. The maximum atomic E-state index is 2.31. The molecule has 0 unspecified atom stereocenters. The van der Waals surface area contributed by atoms with Gasteiger partial charge in [0.25, 0.3) is 0 Å². The van der Waals surface area contributed by atoms with E-state index in [-0.39, 0.29) is 17.0 Å². The Labute approximate surface area is 175 Å². The van der Waals surface area contributed by atoms with E-state index >= 15 is 0 Å². The van der Waals surface area contributed by atoms with Gasteiger partial charge in [-0.05, 0) is 40.5 Å². The normalized spacial score (nSPS) is 11.2. The topological polar surface area (TPSA) is 0 Å². The van der Waals surface area contributed by atoms with E-state index in [2.05, 4.69) is 124 Å². The van der Waals surface area contributed by atoms with Gasteiger partial charge < -0.3 is 17.0 Å². The Kier molecular flexibility index (Phi) is 8.35. The average molecular weight is 523 g/mol. The molecule has 0 aliphatic rings. The molecule has 0 aromatic heterocycles. The summed E-state index contributed by atoms with van der Waals surface area (Å²) in [7, 11) is -1.64. The van der Waals surface area contributed by atoms with Crippen LogP contribution in [0, 0.1) is 0 Å². The van der Waals surface area contributed by atoms with Crippen LogP contribution in [0.4, 0.5) is 0 Å². The fourth-order valence-electron chi connectivity index (χ4n) is 3.21. The van der Waals surface area contributed by atoms with Crippen molar-refractivity contribution >= 4 is 45.8 Å². The second-order valence-electron chi connectivity index (χ2n) is 5.69. The minimum atomic E-state index is -1.64. The molecule has 3 aromatic carbocycles.